The molecule has 152 valence electrons. The number of anilines is 1. The van der Waals surface area contributed by atoms with Gasteiger partial charge in [0.15, 0.2) is 0 Å². The number of nitrogens with one attached hydrogen (secondary N) is 1. The monoisotopic (exact) mass is 392 g/mol. The van der Waals surface area contributed by atoms with E-state index in [1.807, 2.05) is 38.1 Å². The molecule has 2 aromatic carbocycles. The second kappa shape index (κ2) is 9.41. The minimum absolute atomic E-state index is 0.00927. The van der Waals surface area contributed by atoms with Gasteiger partial charge in [-0.1, -0.05) is 49.3 Å². The second-order valence-corrected chi connectivity index (χ2v) is 7.12. The summed E-state index contributed by atoms with van der Waals surface area (Å²) in [6.45, 7) is 8.39. The van der Waals surface area contributed by atoms with Crippen LogP contribution in [0.25, 0.3) is 0 Å². The lowest BCUT2D eigenvalue weighted by Crippen LogP contribution is -2.17. The van der Waals surface area contributed by atoms with Gasteiger partial charge in [0.1, 0.15) is 18.1 Å². The molecule has 29 heavy (non-hydrogen) atoms. The van der Waals surface area contributed by atoms with Crippen molar-refractivity contribution in [3.63, 3.8) is 0 Å². The highest BCUT2D eigenvalue weighted by atomic mass is 16.5. The number of aryl methyl sites for hydroxylation is 4. The van der Waals surface area contributed by atoms with Crippen LogP contribution in [-0.2, 0) is 30.7 Å². The van der Waals surface area contributed by atoms with Crippen LogP contribution in [0, 0.1) is 13.8 Å². The number of hydrogen-bond acceptors (Lipinski definition) is 4. The fraction of sp³-hybridized carbons (Fsp3) is 0.333. The van der Waals surface area contributed by atoms with Crippen molar-refractivity contribution in [2.24, 2.45) is 0 Å². The molecule has 0 aliphatic heterocycles. The highest BCUT2D eigenvalue weighted by molar-refractivity contribution is 5.93. The molecule has 5 heteroatoms. The second-order valence-electron chi connectivity index (χ2n) is 7.12. The third-order valence-electron chi connectivity index (χ3n) is 5.12. The standard InChI is InChI=1S/C24H28N2O3/c1-5-19-8-7-9-20(6-2)24(19)25-23(27)14-18-10-12-21(13-11-18)28-15-22-16(3)26-29-17(22)4/h7-13H,5-6,14-15H2,1-4H3,(H,25,27). The maximum Gasteiger partial charge on any atom is 0.228 e. The first-order chi connectivity index (χ1) is 14.0. The van der Waals surface area contributed by atoms with Gasteiger partial charge >= 0.3 is 0 Å². The van der Waals surface area contributed by atoms with Crippen LogP contribution in [0.3, 0.4) is 0 Å². The summed E-state index contributed by atoms with van der Waals surface area (Å²) in [7, 11) is 0. The first-order valence-corrected chi connectivity index (χ1v) is 10.1. The third kappa shape index (κ3) is 5.05. The molecule has 1 aromatic heterocycles. The van der Waals surface area contributed by atoms with Gasteiger partial charge in [0.25, 0.3) is 0 Å². The smallest absolute Gasteiger partial charge is 0.228 e. The van der Waals surface area contributed by atoms with Gasteiger partial charge in [-0.05, 0) is 55.5 Å². The Bertz CT molecular complexity index is 933. The molecule has 3 rings (SSSR count). The van der Waals surface area contributed by atoms with Crippen molar-refractivity contribution in [2.45, 2.75) is 53.6 Å². The molecule has 0 aliphatic rings. The summed E-state index contributed by atoms with van der Waals surface area (Å²) >= 11 is 0. The molecule has 5 nitrogen and oxygen atoms in total. The number of hydrogen-bond donors (Lipinski definition) is 1. The van der Waals surface area contributed by atoms with Gasteiger partial charge in [-0.2, -0.15) is 0 Å². The van der Waals surface area contributed by atoms with Crippen LogP contribution in [0.15, 0.2) is 47.0 Å². The van der Waals surface area contributed by atoms with E-state index in [2.05, 4.69) is 42.5 Å². The van der Waals surface area contributed by atoms with Gasteiger partial charge < -0.3 is 14.6 Å². The van der Waals surface area contributed by atoms with Crippen LogP contribution in [0.5, 0.6) is 5.75 Å². The van der Waals surface area contributed by atoms with Gasteiger partial charge in [0.05, 0.1) is 17.7 Å². The molecule has 0 fully saturated rings. The molecular weight excluding hydrogens is 364 g/mol. The summed E-state index contributed by atoms with van der Waals surface area (Å²) in [6, 6.07) is 13.8. The maximum absolute atomic E-state index is 12.6. The Morgan fingerprint density at radius 1 is 1.03 bits per heavy atom. The van der Waals surface area contributed by atoms with Crippen molar-refractivity contribution in [1.29, 1.82) is 0 Å². The average molecular weight is 392 g/mol. The molecule has 0 aliphatic carbocycles. The fourth-order valence-electron chi connectivity index (χ4n) is 3.34. The summed E-state index contributed by atoms with van der Waals surface area (Å²) < 4.78 is 11.0. The first kappa shape index (κ1) is 20.6. The van der Waals surface area contributed by atoms with Crippen molar-refractivity contribution in [2.75, 3.05) is 5.32 Å². The molecule has 3 aromatic rings. The number of para-hydroxylation sites is 1. The molecule has 0 saturated carbocycles. The molecule has 0 unspecified atom stereocenters. The van der Waals surface area contributed by atoms with Gasteiger partial charge in [0, 0.05) is 5.69 Å². The molecule has 0 saturated heterocycles. The quantitative estimate of drug-likeness (QED) is 0.574. The van der Waals surface area contributed by atoms with E-state index >= 15 is 0 Å². The topological polar surface area (TPSA) is 64.4 Å². The Morgan fingerprint density at radius 3 is 2.24 bits per heavy atom. The number of carbonyl (C=O) groups is 1. The molecule has 0 spiro atoms. The predicted octanol–water partition coefficient (Wildman–Crippen LogP) is 5.18. The minimum Gasteiger partial charge on any atom is -0.489 e. The van der Waals surface area contributed by atoms with Gasteiger partial charge in [-0.15, -0.1) is 0 Å². The van der Waals surface area contributed by atoms with Crippen LogP contribution in [0.1, 0.15) is 47.6 Å². The number of aromatic nitrogens is 1. The Labute approximate surface area is 172 Å². The molecule has 1 N–H and O–H groups in total. The van der Waals surface area contributed by atoms with E-state index in [9.17, 15) is 4.79 Å². The summed E-state index contributed by atoms with van der Waals surface area (Å²) in [6.07, 6.45) is 2.10. The van der Waals surface area contributed by atoms with E-state index in [1.165, 1.54) is 11.1 Å². The van der Waals surface area contributed by atoms with Crippen LogP contribution >= 0.6 is 0 Å². The first-order valence-electron chi connectivity index (χ1n) is 10.1. The largest absolute Gasteiger partial charge is 0.489 e. The number of ether oxygens (including phenoxy) is 1. The van der Waals surface area contributed by atoms with Crippen LogP contribution < -0.4 is 10.1 Å². The highest BCUT2D eigenvalue weighted by Gasteiger charge is 2.12. The lowest BCUT2D eigenvalue weighted by Gasteiger charge is -2.14. The summed E-state index contributed by atoms with van der Waals surface area (Å²) in [5.41, 5.74) is 6.05. The van der Waals surface area contributed by atoms with Gasteiger partial charge in [0.2, 0.25) is 5.91 Å². The molecule has 0 atom stereocenters. The van der Waals surface area contributed by atoms with E-state index in [4.69, 9.17) is 9.26 Å². The van der Waals surface area contributed by atoms with E-state index in [-0.39, 0.29) is 5.91 Å². The summed E-state index contributed by atoms with van der Waals surface area (Å²) in [4.78, 5) is 12.6. The summed E-state index contributed by atoms with van der Waals surface area (Å²) in [5, 5.41) is 7.05. The summed E-state index contributed by atoms with van der Waals surface area (Å²) in [5.74, 6) is 1.51. The van der Waals surface area contributed by atoms with Crippen molar-refractivity contribution in [3.05, 3.63) is 76.2 Å². The lowest BCUT2D eigenvalue weighted by atomic mass is 10.0. The number of nitrogens with zero attached hydrogens (tertiary/aromatic N) is 1. The number of amides is 1. The lowest BCUT2D eigenvalue weighted by molar-refractivity contribution is -0.115. The van der Waals surface area contributed by atoms with Gasteiger partial charge in [-0.25, -0.2) is 0 Å². The zero-order chi connectivity index (χ0) is 20.8. The zero-order valence-electron chi connectivity index (χ0n) is 17.5. The number of carbonyl (C=O) groups excluding carboxylic acids is 1. The van der Waals surface area contributed by atoms with Crippen molar-refractivity contribution >= 4 is 11.6 Å². The zero-order valence-corrected chi connectivity index (χ0v) is 17.5. The Hall–Kier alpha value is -3.08. The van der Waals surface area contributed by atoms with Crippen LogP contribution in [-0.4, -0.2) is 11.1 Å². The normalized spacial score (nSPS) is 10.8. The van der Waals surface area contributed by atoms with Crippen LogP contribution in [0.4, 0.5) is 5.69 Å². The van der Waals surface area contributed by atoms with Crippen molar-refractivity contribution in [3.8, 4) is 5.75 Å². The molecule has 0 radical (unpaired) electrons. The van der Waals surface area contributed by atoms with E-state index < -0.39 is 0 Å². The predicted molar refractivity (Wildman–Crippen MR) is 114 cm³/mol. The minimum atomic E-state index is -0.00927. The van der Waals surface area contributed by atoms with Crippen molar-refractivity contribution < 1.29 is 14.1 Å². The Kier molecular flexibility index (Phi) is 6.70. The van der Waals surface area contributed by atoms with Gasteiger partial charge in [-0.3, -0.25) is 4.79 Å². The fourth-order valence-corrected chi connectivity index (χ4v) is 3.34. The highest BCUT2D eigenvalue weighted by Crippen LogP contribution is 2.23. The number of benzene rings is 2. The Balaban J connectivity index is 1.61. The SMILES string of the molecule is CCc1cccc(CC)c1NC(=O)Cc1ccc(OCc2c(C)noc2C)cc1. The number of rotatable bonds is 8. The molecule has 1 heterocycles. The molecule has 1 amide bonds. The third-order valence-corrected chi connectivity index (χ3v) is 5.12. The van der Waals surface area contributed by atoms with E-state index in [0.29, 0.717) is 13.0 Å². The van der Waals surface area contributed by atoms with E-state index in [1.54, 1.807) is 0 Å². The maximum atomic E-state index is 12.6. The molecule has 0 bridgehead atoms. The average Bonchev–Trinajstić information content (AvgIpc) is 3.05. The van der Waals surface area contributed by atoms with Crippen molar-refractivity contribution in [1.82, 2.24) is 5.16 Å². The Morgan fingerprint density at radius 2 is 1.69 bits per heavy atom. The molecular formula is C24H28N2O3. The van der Waals surface area contributed by atoms with Crippen LogP contribution in [0.2, 0.25) is 0 Å². The van der Waals surface area contributed by atoms with E-state index in [0.717, 1.165) is 46.9 Å².